The summed E-state index contributed by atoms with van der Waals surface area (Å²) in [7, 11) is 0. The van der Waals surface area contributed by atoms with Crippen LogP contribution in [0.2, 0.25) is 0 Å². The second-order valence-electron chi connectivity index (χ2n) is 42.7. The van der Waals surface area contributed by atoms with E-state index in [-0.39, 0.29) is 74.0 Å². The summed E-state index contributed by atoms with van der Waals surface area (Å²) in [5.41, 5.74) is 19.2. The van der Waals surface area contributed by atoms with Crippen molar-refractivity contribution in [1.82, 2.24) is 0 Å². The Kier molecular flexibility index (Phi) is 30.1. The van der Waals surface area contributed by atoms with Crippen molar-refractivity contribution >= 4 is 0 Å². The highest BCUT2D eigenvalue weighted by Gasteiger charge is 2.53. The molecule has 142 heavy (non-hydrogen) atoms. The lowest BCUT2D eigenvalue weighted by Gasteiger charge is -2.58. The van der Waals surface area contributed by atoms with Crippen molar-refractivity contribution < 1.29 is 70.2 Å². The SMILES string of the molecule is C=C1CC(C2CCC(c3ccc(C)c(F)c3F)CC2)C1.C=C1CC(c2ccc(-c3ccc(-c4ccc(C)c(F)c4)c(F)c3F)cc2F)C1.C=C1CC(c2ccc(-c3ccc(-c4ccc(C)c(F)c4F)cc3F)cc2)C1.C=C1CC(c2ccc(-c3ccc(C)c(F)c3F)cc2)C1.C=C1CC2(C1)CC(C1CCC(c3ccc(C)c(F)c3F)CC1)C2.C=C1CC2(C1)CC(c1ccc(-c3ccc(C)c(F)c3F)cc1F)C2. The highest BCUT2D eigenvalue weighted by atomic mass is 19.2. The van der Waals surface area contributed by atoms with E-state index in [2.05, 4.69) is 39.5 Å². The van der Waals surface area contributed by atoms with Crippen LogP contribution in [0.4, 0.5) is 70.2 Å². The summed E-state index contributed by atoms with van der Waals surface area (Å²) in [6.45, 7) is 33.2. The molecule has 0 heterocycles. The zero-order valence-corrected chi connectivity index (χ0v) is 81.5. The van der Waals surface area contributed by atoms with Gasteiger partial charge in [0, 0.05) is 33.4 Å². The molecule has 736 valence electrons. The van der Waals surface area contributed by atoms with Crippen LogP contribution in [0.5, 0.6) is 0 Å². The van der Waals surface area contributed by atoms with Crippen molar-refractivity contribution in [2.24, 2.45) is 34.5 Å². The molecule has 12 aromatic rings. The first-order valence-corrected chi connectivity index (χ1v) is 49.8. The predicted molar refractivity (Wildman–Crippen MR) is 540 cm³/mol. The molecule has 0 aliphatic heterocycles. The summed E-state index contributed by atoms with van der Waals surface area (Å²) in [6, 6.07) is 52.5. The van der Waals surface area contributed by atoms with E-state index in [0.29, 0.717) is 95.0 Å². The lowest BCUT2D eigenvalue weighted by Crippen LogP contribution is -2.46. The van der Waals surface area contributed by atoms with Gasteiger partial charge in [-0.15, -0.1) is 0 Å². The smallest absolute Gasteiger partial charge is 0.167 e. The number of benzene rings is 12. The van der Waals surface area contributed by atoms with E-state index in [1.54, 1.807) is 100 Å². The molecule has 10 aliphatic carbocycles. The van der Waals surface area contributed by atoms with Gasteiger partial charge in [0.2, 0.25) is 0 Å². The van der Waals surface area contributed by atoms with Gasteiger partial charge in [-0.2, -0.15) is 0 Å². The Morgan fingerprint density at radius 2 is 0.465 bits per heavy atom. The van der Waals surface area contributed by atoms with Crippen LogP contribution in [-0.2, 0) is 0 Å². The fourth-order valence-corrected chi connectivity index (χ4v) is 23.8. The van der Waals surface area contributed by atoms with E-state index in [9.17, 15) is 70.2 Å². The zero-order chi connectivity index (χ0) is 101. The number of rotatable bonds is 14. The molecule has 0 radical (unpaired) electrons. The van der Waals surface area contributed by atoms with Crippen molar-refractivity contribution in [3.8, 4) is 66.8 Å². The Hall–Kier alpha value is -12.0. The van der Waals surface area contributed by atoms with Crippen molar-refractivity contribution in [3.63, 3.8) is 0 Å². The van der Waals surface area contributed by atoms with E-state index in [0.717, 1.165) is 138 Å². The fourth-order valence-electron chi connectivity index (χ4n) is 23.8. The fraction of sp³-hybridized carbons (Fsp3) is 0.333. The maximum atomic E-state index is 14.7. The summed E-state index contributed by atoms with van der Waals surface area (Å²) >= 11 is 0. The van der Waals surface area contributed by atoms with Gasteiger partial charge in [-0.3, -0.25) is 0 Å². The molecule has 0 unspecified atom stereocenters. The van der Waals surface area contributed by atoms with Gasteiger partial charge in [-0.1, -0.05) is 243 Å². The van der Waals surface area contributed by atoms with Crippen LogP contribution >= 0.6 is 0 Å². The molecule has 22 rings (SSSR count). The van der Waals surface area contributed by atoms with Gasteiger partial charge >= 0.3 is 0 Å². The minimum Gasteiger partial charge on any atom is -0.207 e. The number of allylic oxidation sites excluding steroid dienone is 6. The molecular weight excluding hydrogens is 1820 g/mol. The third kappa shape index (κ3) is 21.5. The largest absolute Gasteiger partial charge is 0.207 e. The zero-order valence-electron chi connectivity index (χ0n) is 81.5. The number of hydrogen-bond donors (Lipinski definition) is 0. The van der Waals surface area contributed by atoms with Crippen molar-refractivity contribution in [1.29, 1.82) is 0 Å². The van der Waals surface area contributed by atoms with Crippen LogP contribution in [0.15, 0.2) is 267 Å². The standard InChI is InChI=1S/C24H18F4.C24H19F3.C21H19F3.C21H26F2.C18H22F2.C18H16F2/c1-13-9-17(10-13)18-6-5-16(12-22(18)26)20-8-7-19(23(27)24(20)28)15-4-3-14(2)21(25)11-15;1-14-11-19(12-14)16-4-6-17(7-5-16)20-10-8-18(13-22(20)25)21-9-3-15(2)23(26)24(21)27;1-12-8-21(9-12)10-15(11-21)16-6-4-14(7-18(16)22)17-5-3-13(2)19(23)20(17)24;1-13-9-21(10-13)11-17(12-21)15-4-6-16(7-5-15)18-8-3-14(2)19(22)20(18)23;2*1-11-9-15(10-11)13-4-6-14(7-5-13)16-8-3-12(2)17(19)18(16)20/h3-8,11-12,17H,1,9-10H2,2H3;3-10,13,19H,1,11-12H2,2H3;3-7,15H,1,8-11H2,2H3;3,8,15-17H,1,4-7,9-12H2,2H3;3,8,13-15H,1,4-7,9-10H2,2H3;3-8,15H,1,9-10H2,2H3. The van der Waals surface area contributed by atoms with Gasteiger partial charge < -0.3 is 0 Å². The summed E-state index contributed by atoms with van der Waals surface area (Å²) < 4.78 is 226. The van der Waals surface area contributed by atoms with Crippen LogP contribution in [0.25, 0.3) is 66.8 Å². The maximum Gasteiger partial charge on any atom is 0.167 e. The maximum absolute atomic E-state index is 14.7. The third-order valence-corrected chi connectivity index (χ3v) is 32.5. The first-order valence-electron chi connectivity index (χ1n) is 49.8. The van der Waals surface area contributed by atoms with E-state index < -0.39 is 87.3 Å². The molecular formula is C126H120F16. The molecule has 10 fully saturated rings. The van der Waals surface area contributed by atoms with Crippen LogP contribution in [0, 0.1) is 169 Å². The Bertz CT molecular complexity index is 6850. The number of hydrogen-bond acceptors (Lipinski definition) is 0. The second-order valence-corrected chi connectivity index (χ2v) is 42.7. The van der Waals surface area contributed by atoms with Crippen molar-refractivity contribution in [2.45, 2.75) is 231 Å². The second kappa shape index (κ2) is 42.1. The highest BCUT2D eigenvalue weighted by Crippen LogP contribution is 2.65. The molecule has 12 aromatic carbocycles. The minimum atomic E-state index is -1.08. The topological polar surface area (TPSA) is 0 Å². The lowest BCUT2D eigenvalue weighted by molar-refractivity contribution is -0.0274. The van der Waals surface area contributed by atoms with Gasteiger partial charge in [-0.25, -0.2) is 70.2 Å². The Balaban J connectivity index is 0.000000118. The van der Waals surface area contributed by atoms with Gasteiger partial charge in [0.1, 0.15) is 23.3 Å². The Morgan fingerprint density at radius 1 is 0.197 bits per heavy atom. The Labute approximate surface area is 824 Å². The molecule has 0 aromatic heterocycles. The van der Waals surface area contributed by atoms with Gasteiger partial charge in [0.15, 0.2) is 69.8 Å². The highest BCUT2D eigenvalue weighted by molar-refractivity contribution is 5.75. The summed E-state index contributed by atoms with van der Waals surface area (Å²) in [6.07, 6.45) is 26.1. The molecule has 0 nitrogen and oxygen atoms in total. The summed E-state index contributed by atoms with van der Waals surface area (Å²) in [5, 5.41) is 0. The van der Waals surface area contributed by atoms with E-state index in [4.69, 9.17) is 0 Å². The number of halogens is 16. The van der Waals surface area contributed by atoms with Crippen LogP contribution in [-0.4, -0.2) is 0 Å². The van der Waals surface area contributed by atoms with Crippen LogP contribution in [0.3, 0.4) is 0 Å². The average Bonchev–Trinajstić information content (AvgIpc) is 0.731. The van der Waals surface area contributed by atoms with Crippen molar-refractivity contribution in [3.05, 3.63) is 427 Å². The first kappa shape index (κ1) is 101. The molecule has 16 heteroatoms. The number of aryl methyl sites for hydroxylation is 6. The minimum absolute atomic E-state index is 0.0303. The summed E-state index contributed by atoms with van der Waals surface area (Å²) in [5.74, 6) is -6.54. The lowest BCUT2D eigenvalue weighted by atomic mass is 9.47. The van der Waals surface area contributed by atoms with Gasteiger partial charge in [-0.05, 0) is 390 Å². The Morgan fingerprint density at radius 3 is 0.824 bits per heavy atom. The van der Waals surface area contributed by atoms with Gasteiger partial charge in [0.05, 0.1) is 0 Å². The molecule has 0 amide bonds. The average molecular weight is 1940 g/mol. The van der Waals surface area contributed by atoms with E-state index >= 15 is 0 Å². The van der Waals surface area contributed by atoms with Gasteiger partial charge in [0.25, 0.3) is 0 Å². The predicted octanol–water partition coefficient (Wildman–Crippen LogP) is 38.0. The molecule has 0 bridgehead atoms. The molecule has 0 N–H and O–H groups in total. The summed E-state index contributed by atoms with van der Waals surface area (Å²) in [4.78, 5) is 0. The first-order chi connectivity index (χ1) is 67.8. The molecule has 2 spiro atoms. The monoisotopic (exact) mass is 1940 g/mol. The molecule has 0 atom stereocenters. The molecule has 10 aliphatic rings. The molecule has 0 saturated heterocycles. The van der Waals surface area contributed by atoms with Crippen LogP contribution < -0.4 is 0 Å². The van der Waals surface area contributed by atoms with E-state index in [1.807, 2.05) is 48.5 Å². The normalized spacial score (nSPS) is 19.7. The quantitative estimate of drug-likeness (QED) is 0.0752. The molecule has 10 saturated carbocycles. The van der Waals surface area contributed by atoms with Crippen LogP contribution in [0.1, 0.15) is 256 Å². The van der Waals surface area contributed by atoms with E-state index in [1.165, 1.54) is 177 Å². The third-order valence-electron chi connectivity index (χ3n) is 32.5. The van der Waals surface area contributed by atoms with Crippen molar-refractivity contribution in [2.75, 3.05) is 0 Å².